The van der Waals surface area contributed by atoms with Gasteiger partial charge in [0.2, 0.25) is 0 Å². The summed E-state index contributed by atoms with van der Waals surface area (Å²) >= 11 is 0. The van der Waals surface area contributed by atoms with Crippen molar-refractivity contribution in [2.45, 2.75) is 39.9 Å². The first kappa shape index (κ1) is 18.3. The molecule has 0 aliphatic carbocycles. The molecule has 17 heavy (non-hydrogen) atoms. The molecule has 0 fully saturated rings. The fraction of sp³-hybridized carbons (Fsp3) is 0.538. The van der Waals surface area contributed by atoms with E-state index < -0.39 is 12.2 Å². The Morgan fingerprint density at radius 2 is 1.35 bits per heavy atom. The van der Waals surface area contributed by atoms with Crippen LogP contribution in [0.15, 0.2) is 30.3 Å². The Hall–Kier alpha value is -1.03. The molecule has 0 heterocycles. The minimum absolute atomic E-state index is 0.234. The summed E-state index contributed by atoms with van der Waals surface area (Å²) in [6.07, 6.45) is -4.24. The van der Waals surface area contributed by atoms with Crippen molar-refractivity contribution in [2.75, 3.05) is 7.05 Å². The van der Waals surface area contributed by atoms with Crippen molar-refractivity contribution in [3.8, 4) is 0 Å². The lowest BCUT2D eigenvalue weighted by Crippen LogP contribution is -2.31. The molecule has 0 radical (unpaired) electrons. The van der Waals surface area contributed by atoms with Gasteiger partial charge in [-0.25, -0.2) is 0 Å². The molecule has 1 rings (SSSR count). The molecule has 0 aliphatic heterocycles. The highest BCUT2D eigenvalue weighted by Crippen LogP contribution is 2.31. The molecule has 0 aliphatic rings. The maximum Gasteiger partial charge on any atom is 0.407 e. The van der Waals surface area contributed by atoms with Crippen LogP contribution in [-0.2, 0) is 0 Å². The lowest BCUT2D eigenvalue weighted by Gasteiger charge is -2.19. The number of halogens is 3. The van der Waals surface area contributed by atoms with E-state index in [-0.39, 0.29) is 5.56 Å². The van der Waals surface area contributed by atoms with Crippen LogP contribution in [0.5, 0.6) is 0 Å². The maximum atomic E-state index is 12.3. The quantitative estimate of drug-likeness (QED) is 0.810. The van der Waals surface area contributed by atoms with Crippen molar-refractivity contribution in [2.24, 2.45) is 0 Å². The minimum Gasteiger partial charge on any atom is -0.306 e. The second kappa shape index (κ2) is 10.1. The van der Waals surface area contributed by atoms with Crippen LogP contribution in [0.4, 0.5) is 13.2 Å². The zero-order valence-corrected chi connectivity index (χ0v) is 11.1. The average Bonchev–Trinajstić information content (AvgIpc) is 2.35. The summed E-state index contributed by atoms with van der Waals surface area (Å²) in [6.45, 7) is 8.00. The SMILES string of the molecule is CC.CC.CNC(c1ccccc1)C(F)(F)F. The molecule has 0 amide bonds. The summed E-state index contributed by atoms with van der Waals surface area (Å²) in [5.41, 5.74) is 0.234. The molecule has 1 aromatic carbocycles. The van der Waals surface area contributed by atoms with Crippen LogP contribution in [0.1, 0.15) is 39.3 Å². The highest BCUT2D eigenvalue weighted by atomic mass is 19.4. The van der Waals surface area contributed by atoms with Gasteiger partial charge in [0.1, 0.15) is 6.04 Å². The van der Waals surface area contributed by atoms with E-state index in [0.29, 0.717) is 0 Å². The van der Waals surface area contributed by atoms with Crippen molar-refractivity contribution in [1.82, 2.24) is 5.32 Å². The Morgan fingerprint density at radius 1 is 0.941 bits per heavy atom. The zero-order chi connectivity index (χ0) is 13.9. The summed E-state index contributed by atoms with van der Waals surface area (Å²) < 4.78 is 37.0. The summed E-state index contributed by atoms with van der Waals surface area (Å²) in [6, 6.07) is 6.20. The molecule has 1 unspecified atom stereocenters. The van der Waals surface area contributed by atoms with E-state index in [2.05, 4.69) is 5.32 Å². The van der Waals surface area contributed by atoms with E-state index in [9.17, 15) is 13.2 Å². The van der Waals surface area contributed by atoms with Crippen LogP contribution in [0.25, 0.3) is 0 Å². The fourth-order valence-electron chi connectivity index (χ4n) is 1.16. The Kier molecular flexibility index (Phi) is 10.9. The molecule has 0 aromatic heterocycles. The smallest absolute Gasteiger partial charge is 0.306 e. The molecule has 1 aromatic rings. The van der Waals surface area contributed by atoms with Gasteiger partial charge in [-0.05, 0) is 12.6 Å². The van der Waals surface area contributed by atoms with E-state index in [1.165, 1.54) is 19.2 Å². The Labute approximate surface area is 102 Å². The van der Waals surface area contributed by atoms with Crippen LogP contribution in [0.3, 0.4) is 0 Å². The summed E-state index contributed by atoms with van der Waals surface area (Å²) in [7, 11) is 1.30. The summed E-state index contributed by atoms with van der Waals surface area (Å²) in [4.78, 5) is 0. The molecular weight excluding hydrogens is 227 g/mol. The van der Waals surface area contributed by atoms with E-state index in [0.717, 1.165) is 0 Å². The third-order valence-corrected chi connectivity index (χ3v) is 1.75. The van der Waals surface area contributed by atoms with Gasteiger partial charge in [-0.1, -0.05) is 58.0 Å². The number of benzene rings is 1. The Balaban J connectivity index is 0. The van der Waals surface area contributed by atoms with Crippen molar-refractivity contribution < 1.29 is 13.2 Å². The Bertz CT molecular complexity index is 257. The van der Waals surface area contributed by atoms with Crippen LogP contribution < -0.4 is 5.32 Å². The highest BCUT2D eigenvalue weighted by molar-refractivity contribution is 5.20. The Morgan fingerprint density at radius 3 is 1.65 bits per heavy atom. The number of hydrogen-bond donors (Lipinski definition) is 1. The number of alkyl halides is 3. The molecule has 1 nitrogen and oxygen atoms in total. The zero-order valence-electron chi connectivity index (χ0n) is 11.1. The lowest BCUT2D eigenvalue weighted by atomic mass is 10.1. The third kappa shape index (κ3) is 7.00. The first-order valence-corrected chi connectivity index (χ1v) is 5.84. The number of nitrogens with one attached hydrogen (secondary N) is 1. The van der Waals surface area contributed by atoms with Crippen molar-refractivity contribution in [1.29, 1.82) is 0 Å². The molecule has 0 spiro atoms. The minimum atomic E-state index is -4.24. The third-order valence-electron chi connectivity index (χ3n) is 1.75. The molecule has 0 bridgehead atoms. The molecular formula is C13H22F3N. The summed E-state index contributed by atoms with van der Waals surface area (Å²) in [5.74, 6) is 0. The molecule has 0 saturated carbocycles. The normalized spacial score (nSPS) is 11.5. The summed E-state index contributed by atoms with van der Waals surface area (Å²) in [5, 5.41) is 2.23. The highest BCUT2D eigenvalue weighted by Gasteiger charge is 2.39. The van der Waals surface area contributed by atoms with Crippen LogP contribution in [-0.4, -0.2) is 13.2 Å². The van der Waals surface area contributed by atoms with Gasteiger partial charge in [-0.3, -0.25) is 0 Å². The van der Waals surface area contributed by atoms with Crippen molar-refractivity contribution >= 4 is 0 Å². The number of rotatable bonds is 2. The molecule has 1 N–H and O–H groups in total. The second-order valence-corrected chi connectivity index (χ2v) is 2.67. The maximum absolute atomic E-state index is 12.3. The fourth-order valence-corrected chi connectivity index (χ4v) is 1.16. The van der Waals surface area contributed by atoms with E-state index in [1.807, 2.05) is 27.7 Å². The first-order valence-electron chi connectivity index (χ1n) is 5.84. The van der Waals surface area contributed by atoms with Crippen molar-refractivity contribution in [3.63, 3.8) is 0 Å². The lowest BCUT2D eigenvalue weighted by molar-refractivity contribution is -0.156. The van der Waals surface area contributed by atoms with Gasteiger partial charge in [0.05, 0.1) is 0 Å². The predicted octanol–water partition coefficient (Wildman–Crippen LogP) is 4.56. The monoisotopic (exact) mass is 249 g/mol. The average molecular weight is 249 g/mol. The van der Waals surface area contributed by atoms with Gasteiger partial charge in [0, 0.05) is 0 Å². The van der Waals surface area contributed by atoms with Gasteiger partial charge in [-0.2, -0.15) is 13.2 Å². The van der Waals surface area contributed by atoms with Crippen LogP contribution in [0.2, 0.25) is 0 Å². The molecule has 4 heteroatoms. The molecule has 0 saturated heterocycles. The van der Waals surface area contributed by atoms with Crippen molar-refractivity contribution in [3.05, 3.63) is 35.9 Å². The standard InChI is InChI=1S/C9H10F3N.2C2H6/c1-13-8(9(10,11)12)7-5-3-2-4-6-7;2*1-2/h2-6,8,13H,1H3;2*1-2H3. The van der Waals surface area contributed by atoms with Gasteiger partial charge >= 0.3 is 6.18 Å². The van der Waals surface area contributed by atoms with E-state index >= 15 is 0 Å². The van der Waals surface area contributed by atoms with E-state index in [4.69, 9.17) is 0 Å². The largest absolute Gasteiger partial charge is 0.407 e. The van der Waals surface area contributed by atoms with Gasteiger partial charge < -0.3 is 5.32 Å². The van der Waals surface area contributed by atoms with E-state index in [1.54, 1.807) is 18.2 Å². The molecule has 100 valence electrons. The first-order chi connectivity index (χ1) is 8.05. The second-order valence-electron chi connectivity index (χ2n) is 2.67. The number of hydrogen-bond acceptors (Lipinski definition) is 1. The predicted molar refractivity (Wildman–Crippen MR) is 67.0 cm³/mol. The topological polar surface area (TPSA) is 12.0 Å². The van der Waals surface area contributed by atoms with Gasteiger partial charge in [0.25, 0.3) is 0 Å². The van der Waals surface area contributed by atoms with Crippen LogP contribution >= 0.6 is 0 Å². The van der Waals surface area contributed by atoms with Gasteiger partial charge in [0.15, 0.2) is 0 Å². The van der Waals surface area contributed by atoms with Crippen LogP contribution in [0, 0.1) is 0 Å². The van der Waals surface area contributed by atoms with Gasteiger partial charge in [-0.15, -0.1) is 0 Å². The molecule has 1 atom stereocenters.